The fourth-order valence-electron chi connectivity index (χ4n) is 2.07. The summed E-state index contributed by atoms with van der Waals surface area (Å²) in [4.78, 5) is 16.3. The van der Waals surface area contributed by atoms with Crippen LogP contribution in [-0.4, -0.2) is 17.4 Å². The molecule has 122 valence electrons. The van der Waals surface area contributed by atoms with Crippen LogP contribution in [0.4, 0.5) is 15.9 Å². The second-order valence-corrected chi connectivity index (χ2v) is 5.52. The lowest BCUT2D eigenvalue weighted by Gasteiger charge is -2.09. The summed E-state index contributed by atoms with van der Waals surface area (Å²) in [6.45, 7) is 3.01. The molecule has 0 fully saturated rings. The van der Waals surface area contributed by atoms with Crippen molar-refractivity contribution in [3.8, 4) is 0 Å². The molecule has 0 saturated heterocycles. The summed E-state index contributed by atoms with van der Waals surface area (Å²) in [7, 11) is 0. The van der Waals surface area contributed by atoms with E-state index in [0.717, 1.165) is 18.8 Å². The zero-order valence-corrected chi connectivity index (χ0v) is 13.7. The zero-order chi connectivity index (χ0) is 16.7. The first-order chi connectivity index (χ1) is 11.1. The molecular weight excluding hydrogens is 317 g/mol. The maximum atomic E-state index is 13.7. The minimum Gasteiger partial charge on any atom is -0.370 e. The minimum absolute atomic E-state index is 0.0738. The molecule has 1 amide bonds. The van der Waals surface area contributed by atoms with Gasteiger partial charge in [-0.05, 0) is 30.7 Å². The summed E-state index contributed by atoms with van der Waals surface area (Å²) in [5.41, 5.74) is 0.310. The fraction of sp³-hybridized carbons (Fsp3) is 0.294. The summed E-state index contributed by atoms with van der Waals surface area (Å²) >= 11 is 5.87. The third-order valence-corrected chi connectivity index (χ3v) is 3.61. The van der Waals surface area contributed by atoms with Gasteiger partial charge >= 0.3 is 0 Å². The lowest BCUT2D eigenvalue weighted by Crippen LogP contribution is -2.14. The highest BCUT2D eigenvalue weighted by molar-refractivity contribution is 6.34. The maximum absolute atomic E-state index is 13.7. The number of hydrogen-bond donors (Lipinski definition) is 2. The first-order valence-electron chi connectivity index (χ1n) is 7.57. The van der Waals surface area contributed by atoms with Crippen molar-refractivity contribution in [2.75, 3.05) is 17.2 Å². The van der Waals surface area contributed by atoms with E-state index in [4.69, 9.17) is 11.6 Å². The second kappa shape index (κ2) is 8.48. The molecule has 1 aromatic carbocycles. The average molecular weight is 336 g/mol. The smallest absolute Gasteiger partial charge is 0.260 e. The van der Waals surface area contributed by atoms with Gasteiger partial charge in [0.15, 0.2) is 0 Å². The molecule has 0 saturated carbocycles. The number of pyridine rings is 1. The molecule has 0 aliphatic carbocycles. The third-order valence-electron chi connectivity index (χ3n) is 3.30. The SMILES string of the molecule is CCCCCNc1ccc(NC(=O)c2c(F)cccc2Cl)cn1. The number of carbonyl (C=O) groups is 1. The molecule has 1 aromatic heterocycles. The van der Waals surface area contributed by atoms with Gasteiger partial charge in [-0.1, -0.05) is 37.4 Å². The first-order valence-corrected chi connectivity index (χ1v) is 7.95. The van der Waals surface area contributed by atoms with E-state index in [1.54, 1.807) is 12.1 Å². The molecule has 2 aromatic rings. The largest absolute Gasteiger partial charge is 0.370 e. The molecule has 0 spiro atoms. The number of unbranched alkanes of at least 4 members (excludes halogenated alkanes) is 2. The van der Waals surface area contributed by atoms with Crippen molar-refractivity contribution in [2.45, 2.75) is 26.2 Å². The van der Waals surface area contributed by atoms with E-state index in [0.29, 0.717) is 5.69 Å². The van der Waals surface area contributed by atoms with Crippen molar-refractivity contribution in [3.05, 3.63) is 52.9 Å². The van der Waals surface area contributed by atoms with Gasteiger partial charge in [-0.25, -0.2) is 9.37 Å². The molecule has 1 heterocycles. The Morgan fingerprint density at radius 3 is 2.74 bits per heavy atom. The van der Waals surface area contributed by atoms with E-state index < -0.39 is 11.7 Å². The number of benzene rings is 1. The lowest BCUT2D eigenvalue weighted by molar-refractivity contribution is 0.102. The van der Waals surface area contributed by atoms with Crippen molar-refractivity contribution in [2.24, 2.45) is 0 Å². The van der Waals surface area contributed by atoms with Gasteiger partial charge in [0.25, 0.3) is 5.91 Å². The van der Waals surface area contributed by atoms with Gasteiger partial charge in [0.05, 0.1) is 22.5 Å². The Hall–Kier alpha value is -2.14. The Kier molecular flexibility index (Phi) is 6.35. The molecule has 0 atom stereocenters. The zero-order valence-electron chi connectivity index (χ0n) is 12.9. The van der Waals surface area contributed by atoms with E-state index in [9.17, 15) is 9.18 Å². The van der Waals surface area contributed by atoms with Gasteiger partial charge in [0, 0.05) is 6.54 Å². The number of anilines is 2. The van der Waals surface area contributed by atoms with Crippen LogP contribution in [0.3, 0.4) is 0 Å². The minimum atomic E-state index is -0.655. The highest BCUT2D eigenvalue weighted by atomic mass is 35.5. The number of amides is 1. The lowest BCUT2D eigenvalue weighted by atomic mass is 10.2. The van der Waals surface area contributed by atoms with Gasteiger partial charge in [-0.3, -0.25) is 4.79 Å². The molecule has 0 unspecified atom stereocenters. The molecule has 6 heteroatoms. The molecule has 23 heavy (non-hydrogen) atoms. The molecule has 0 bridgehead atoms. The van der Waals surface area contributed by atoms with Crippen LogP contribution in [0.2, 0.25) is 5.02 Å². The molecule has 0 aliphatic heterocycles. The predicted molar refractivity (Wildman–Crippen MR) is 91.6 cm³/mol. The standard InChI is InChI=1S/C17H19ClFN3O/c1-2-3-4-10-20-15-9-8-12(11-21-15)22-17(23)16-13(18)6-5-7-14(16)19/h5-9,11H,2-4,10H2,1H3,(H,20,21)(H,22,23). The molecule has 2 rings (SSSR count). The number of nitrogens with zero attached hydrogens (tertiary/aromatic N) is 1. The highest BCUT2D eigenvalue weighted by Gasteiger charge is 2.15. The normalized spacial score (nSPS) is 10.4. The number of aromatic nitrogens is 1. The third kappa shape index (κ3) is 4.93. The van der Waals surface area contributed by atoms with Crippen molar-refractivity contribution in [1.29, 1.82) is 0 Å². The van der Waals surface area contributed by atoms with Crippen LogP contribution in [-0.2, 0) is 0 Å². The van der Waals surface area contributed by atoms with Crippen LogP contribution in [0.1, 0.15) is 36.5 Å². The first kappa shape index (κ1) is 17.2. The summed E-state index contributed by atoms with van der Waals surface area (Å²) in [5, 5.41) is 5.87. The van der Waals surface area contributed by atoms with Crippen LogP contribution in [0, 0.1) is 5.82 Å². The van der Waals surface area contributed by atoms with Crippen LogP contribution in [0.25, 0.3) is 0 Å². The number of halogens is 2. The molecular formula is C17H19ClFN3O. The number of carbonyl (C=O) groups excluding carboxylic acids is 1. The Labute approximate surface area is 140 Å². The van der Waals surface area contributed by atoms with Crippen molar-refractivity contribution < 1.29 is 9.18 Å². The van der Waals surface area contributed by atoms with Crippen molar-refractivity contribution in [3.63, 3.8) is 0 Å². The topological polar surface area (TPSA) is 54.0 Å². The number of nitrogens with one attached hydrogen (secondary N) is 2. The van der Waals surface area contributed by atoms with Crippen LogP contribution in [0.5, 0.6) is 0 Å². The average Bonchev–Trinajstić information content (AvgIpc) is 2.53. The van der Waals surface area contributed by atoms with Crippen LogP contribution < -0.4 is 10.6 Å². The van der Waals surface area contributed by atoms with Gasteiger partial charge in [-0.2, -0.15) is 0 Å². The number of rotatable bonds is 7. The van der Waals surface area contributed by atoms with Gasteiger partial charge in [-0.15, -0.1) is 0 Å². The Balaban J connectivity index is 1.96. The molecule has 0 radical (unpaired) electrons. The predicted octanol–water partition coefficient (Wildman–Crippen LogP) is 4.73. The summed E-state index contributed by atoms with van der Waals surface area (Å²) in [5.74, 6) is -0.515. The van der Waals surface area contributed by atoms with Gasteiger partial charge in [0.2, 0.25) is 0 Å². The molecule has 4 nitrogen and oxygen atoms in total. The number of hydrogen-bond acceptors (Lipinski definition) is 3. The monoisotopic (exact) mass is 335 g/mol. The highest BCUT2D eigenvalue weighted by Crippen LogP contribution is 2.20. The van der Waals surface area contributed by atoms with E-state index in [1.807, 2.05) is 0 Å². The summed E-state index contributed by atoms with van der Waals surface area (Å²) in [6.07, 6.45) is 4.94. The maximum Gasteiger partial charge on any atom is 0.260 e. The quantitative estimate of drug-likeness (QED) is 0.719. The van der Waals surface area contributed by atoms with Gasteiger partial charge < -0.3 is 10.6 Å². The van der Waals surface area contributed by atoms with E-state index in [-0.39, 0.29) is 10.6 Å². The Bertz CT molecular complexity index is 641. The Morgan fingerprint density at radius 2 is 2.09 bits per heavy atom. The second-order valence-electron chi connectivity index (χ2n) is 5.12. The van der Waals surface area contributed by atoms with E-state index >= 15 is 0 Å². The molecule has 2 N–H and O–H groups in total. The van der Waals surface area contributed by atoms with Crippen molar-refractivity contribution in [1.82, 2.24) is 4.98 Å². The summed E-state index contributed by atoms with van der Waals surface area (Å²) in [6, 6.07) is 7.60. The van der Waals surface area contributed by atoms with Gasteiger partial charge in [0.1, 0.15) is 11.6 Å². The fourth-order valence-corrected chi connectivity index (χ4v) is 2.32. The van der Waals surface area contributed by atoms with E-state index in [2.05, 4.69) is 22.5 Å². The van der Waals surface area contributed by atoms with E-state index in [1.165, 1.54) is 37.2 Å². The van der Waals surface area contributed by atoms with Crippen molar-refractivity contribution >= 4 is 29.0 Å². The summed E-state index contributed by atoms with van der Waals surface area (Å²) < 4.78 is 13.7. The molecule has 0 aliphatic rings. The van der Waals surface area contributed by atoms with Crippen LogP contribution >= 0.6 is 11.6 Å². The van der Waals surface area contributed by atoms with Crippen LogP contribution in [0.15, 0.2) is 36.5 Å². The Morgan fingerprint density at radius 1 is 1.26 bits per heavy atom.